The highest BCUT2D eigenvalue weighted by Crippen LogP contribution is 2.30. The summed E-state index contributed by atoms with van der Waals surface area (Å²) < 4.78 is 6.24. The molecule has 0 aliphatic carbocycles. The van der Waals surface area contributed by atoms with Crippen LogP contribution < -0.4 is 10.5 Å². The molecule has 0 spiro atoms. The van der Waals surface area contributed by atoms with E-state index in [1.807, 2.05) is 24.3 Å². The van der Waals surface area contributed by atoms with E-state index in [1.54, 1.807) is 0 Å². The van der Waals surface area contributed by atoms with Gasteiger partial charge in [-0.25, -0.2) is 0 Å². The molecule has 0 amide bonds. The summed E-state index contributed by atoms with van der Waals surface area (Å²) in [6.07, 6.45) is 1.23. The van der Waals surface area contributed by atoms with Gasteiger partial charge in [-0.3, -0.25) is 0 Å². The summed E-state index contributed by atoms with van der Waals surface area (Å²) in [6.45, 7) is 2.09. The van der Waals surface area contributed by atoms with Gasteiger partial charge in [-0.2, -0.15) is 0 Å². The minimum Gasteiger partial charge on any atom is -0.490 e. The van der Waals surface area contributed by atoms with E-state index in [2.05, 4.69) is 42.3 Å². The Morgan fingerprint density at radius 1 is 1.10 bits per heavy atom. The van der Waals surface area contributed by atoms with Crippen molar-refractivity contribution in [2.45, 2.75) is 18.4 Å². The lowest BCUT2D eigenvalue weighted by Gasteiger charge is -2.37. The highest BCUT2D eigenvalue weighted by molar-refractivity contribution is 5.43. The molecule has 1 saturated heterocycles. The largest absolute Gasteiger partial charge is 0.490 e. The van der Waals surface area contributed by atoms with E-state index in [0.29, 0.717) is 5.92 Å². The minimum atomic E-state index is 0.199. The van der Waals surface area contributed by atoms with Crippen molar-refractivity contribution in [3.05, 3.63) is 60.2 Å². The Labute approximate surface area is 126 Å². The van der Waals surface area contributed by atoms with Crippen LogP contribution in [0.5, 0.6) is 5.75 Å². The first-order valence-electron chi connectivity index (χ1n) is 7.48. The van der Waals surface area contributed by atoms with Gasteiger partial charge < -0.3 is 15.4 Å². The molecule has 3 rings (SSSR count). The molecule has 1 heterocycles. The summed E-state index contributed by atoms with van der Waals surface area (Å²) in [5, 5.41) is 0. The number of piperidine rings is 1. The molecular weight excluding hydrogens is 260 g/mol. The van der Waals surface area contributed by atoms with Gasteiger partial charge in [0.2, 0.25) is 0 Å². The third kappa shape index (κ3) is 3.37. The molecule has 1 aliphatic heterocycles. The van der Waals surface area contributed by atoms with Gasteiger partial charge in [0.1, 0.15) is 11.9 Å². The van der Waals surface area contributed by atoms with Crippen molar-refractivity contribution < 1.29 is 4.74 Å². The molecule has 21 heavy (non-hydrogen) atoms. The second kappa shape index (κ2) is 6.19. The van der Waals surface area contributed by atoms with Crippen molar-refractivity contribution in [2.75, 3.05) is 25.9 Å². The number of rotatable bonds is 3. The molecule has 0 unspecified atom stereocenters. The number of ether oxygens (including phenoxy) is 1. The van der Waals surface area contributed by atoms with Gasteiger partial charge in [0.25, 0.3) is 0 Å². The molecule has 0 aromatic heterocycles. The van der Waals surface area contributed by atoms with Crippen LogP contribution in [0.2, 0.25) is 0 Å². The van der Waals surface area contributed by atoms with E-state index in [4.69, 9.17) is 10.5 Å². The fourth-order valence-corrected chi connectivity index (χ4v) is 3.02. The van der Waals surface area contributed by atoms with E-state index in [1.165, 1.54) is 5.56 Å². The van der Waals surface area contributed by atoms with Crippen molar-refractivity contribution >= 4 is 5.69 Å². The number of hydrogen-bond donors (Lipinski definition) is 1. The lowest BCUT2D eigenvalue weighted by Crippen LogP contribution is -2.42. The highest BCUT2D eigenvalue weighted by Gasteiger charge is 2.30. The lowest BCUT2D eigenvalue weighted by molar-refractivity contribution is 0.0903. The number of nitrogen functional groups attached to an aromatic ring is 1. The molecule has 3 heteroatoms. The van der Waals surface area contributed by atoms with Crippen molar-refractivity contribution in [1.82, 2.24) is 4.90 Å². The van der Waals surface area contributed by atoms with Crippen LogP contribution in [-0.2, 0) is 0 Å². The van der Waals surface area contributed by atoms with Crippen LogP contribution in [0, 0.1) is 0 Å². The maximum atomic E-state index is 6.24. The molecule has 2 aromatic rings. The van der Waals surface area contributed by atoms with E-state index in [-0.39, 0.29) is 6.10 Å². The Bertz CT molecular complexity index is 585. The summed E-state index contributed by atoms with van der Waals surface area (Å²) >= 11 is 0. The Morgan fingerprint density at radius 3 is 2.67 bits per heavy atom. The summed E-state index contributed by atoms with van der Waals surface area (Å²) in [4.78, 5) is 2.37. The molecule has 2 atom stereocenters. The molecule has 1 aliphatic rings. The van der Waals surface area contributed by atoms with Gasteiger partial charge in [0.05, 0.1) is 0 Å². The third-order valence-corrected chi connectivity index (χ3v) is 4.13. The molecule has 0 saturated carbocycles. The average molecular weight is 282 g/mol. The first-order valence-corrected chi connectivity index (χ1v) is 7.48. The first kappa shape index (κ1) is 14.0. The van der Waals surface area contributed by atoms with Crippen molar-refractivity contribution in [3.63, 3.8) is 0 Å². The monoisotopic (exact) mass is 282 g/mol. The third-order valence-electron chi connectivity index (χ3n) is 4.13. The predicted molar refractivity (Wildman–Crippen MR) is 86.6 cm³/mol. The number of nitrogens with two attached hydrogens (primary N) is 1. The zero-order valence-electron chi connectivity index (χ0n) is 12.4. The number of anilines is 1. The Morgan fingerprint density at radius 2 is 1.90 bits per heavy atom. The molecule has 1 fully saturated rings. The maximum Gasteiger partial charge on any atom is 0.121 e. The summed E-state index contributed by atoms with van der Waals surface area (Å²) in [5.74, 6) is 1.26. The second-order valence-electron chi connectivity index (χ2n) is 5.80. The van der Waals surface area contributed by atoms with Gasteiger partial charge in [0, 0.05) is 30.8 Å². The number of nitrogens with zero attached hydrogens (tertiary/aromatic N) is 1. The smallest absolute Gasteiger partial charge is 0.121 e. The van der Waals surface area contributed by atoms with Crippen LogP contribution in [0.25, 0.3) is 0 Å². The average Bonchev–Trinajstić information content (AvgIpc) is 2.50. The Hall–Kier alpha value is -2.00. The lowest BCUT2D eigenvalue weighted by atomic mass is 9.88. The van der Waals surface area contributed by atoms with Gasteiger partial charge in [-0.15, -0.1) is 0 Å². The van der Waals surface area contributed by atoms with Crippen LogP contribution in [0.15, 0.2) is 54.6 Å². The fraction of sp³-hybridized carbons (Fsp3) is 0.333. The Kier molecular flexibility index (Phi) is 4.11. The number of hydrogen-bond acceptors (Lipinski definition) is 3. The van der Waals surface area contributed by atoms with E-state index >= 15 is 0 Å². The van der Waals surface area contributed by atoms with Crippen LogP contribution in [-0.4, -0.2) is 31.1 Å². The molecule has 110 valence electrons. The zero-order valence-corrected chi connectivity index (χ0v) is 12.4. The van der Waals surface area contributed by atoms with Crippen LogP contribution >= 0.6 is 0 Å². The van der Waals surface area contributed by atoms with Crippen molar-refractivity contribution in [3.8, 4) is 5.75 Å². The highest BCUT2D eigenvalue weighted by atomic mass is 16.5. The van der Waals surface area contributed by atoms with Crippen molar-refractivity contribution in [1.29, 1.82) is 0 Å². The predicted octanol–water partition coefficient (Wildman–Crippen LogP) is 3.14. The molecular formula is C18H22N2O. The Balaban J connectivity index is 1.81. The standard InChI is InChI=1S/C18H22N2O/c1-20-11-10-18(21-16-9-5-8-15(19)12-16)17(13-20)14-6-3-2-4-7-14/h2-9,12,17-18H,10-11,13,19H2,1H3/t17-,18+/m0/s1. The number of likely N-dealkylation sites (tertiary alicyclic amines) is 1. The van der Waals surface area contributed by atoms with E-state index < -0.39 is 0 Å². The van der Waals surface area contributed by atoms with Gasteiger partial charge >= 0.3 is 0 Å². The van der Waals surface area contributed by atoms with Crippen molar-refractivity contribution in [2.24, 2.45) is 0 Å². The molecule has 0 radical (unpaired) electrons. The minimum absolute atomic E-state index is 0.199. The molecule has 3 nitrogen and oxygen atoms in total. The molecule has 2 N–H and O–H groups in total. The molecule has 2 aromatic carbocycles. The topological polar surface area (TPSA) is 38.5 Å². The van der Waals surface area contributed by atoms with Crippen LogP contribution in [0.4, 0.5) is 5.69 Å². The quantitative estimate of drug-likeness (QED) is 0.879. The zero-order chi connectivity index (χ0) is 14.7. The SMILES string of the molecule is CN1CC[C@@H](Oc2cccc(N)c2)[C@H](c2ccccc2)C1. The first-order chi connectivity index (χ1) is 10.2. The van der Waals surface area contributed by atoms with Gasteiger partial charge in [-0.05, 0) is 31.2 Å². The van der Waals surface area contributed by atoms with E-state index in [0.717, 1.165) is 30.9 Å². The van der Waals surface area contributed by atoms with Gasteiger partial charge in [0.15, 0.2) is 0 Å². The summed E-state index contributed by atoms with van der Waals surface area (Å²) in [6, 6.07) is 18.4. The number of likely N-dealkylation sites (N-methyl/N-ethyl adjacent to an activating group) is 1. The summed E-state index contributed by atoms with van der Waals surface area (Å²) in [7, 11) is 2.17. The summed E-state index contributed by atoms with van der Waals surface area (Å²) in [5.41, 5.74) is 7.94. The fourth-order valence-electron chi connectivity index (χ4n) is 3.02. The second-order valence-corrected chi connectivity index (χ2v) is 5.80. The van der Waals surface area contributed by atoms with Gasteiger partial charge in [-0.1, -0.05) is 36.4 Å². The van der Waals surface area contributed by atoms with E-state index in [9.17, 15) is 0 Å². The normalized spacial score (nSPS) is 22.9. The van der Waals surface area contributed by atoms with Crippen LogP contribution in [0.1, 0.15) is 17.9 Å². The maximum absolute atomic E-state index is 6.24. The van der Waals surface area contributed by atoms with Crippen LogP contribution in [0.3, 0.4) is 0 Å². The molecule has 0 bridgehead atoms. The number of benzene rings is 2.